The summed E-state index contributed by atoms with van der Waals surface area (Å²) in [6.07, 6.45) is 1.21. The largest absolute Gasteiger partial charge is 0.465 e. The third-order valence-corrected chi connectivity index (χ3v) is 3.26. The van der Waals surface area contributed by atoms with Crippen molar-refractivity contribution < 1.29 is 24.5 Å². The van der Waals surface area contributed by atoms with Crippen LogP contribution in [0.2, 0.25) is 0 Å². The molecule has 0 saturated carbocycles. The van der Waals surface area contributed by atoms with Gasteiger partial charge in [-0.1, -0.05) is 12.1 Å². The van der Waals surface area contributed by atoms with Crippen molar-refractivity contribution in [3.63, 3.8) is 0 Å². The molecule has 3 N–H and O–H groups in total. The fourth-order valence-electron chi connectivity index (χ4n) is 1.95. The van der Waals surface area contributed by atoms with Crippen LogP contribution in [0.15, 0.2) is 24.3 Å². The Balaban J connectivity index is 2.23. The predicted octanol–water partition coefficient (Wildman–Crippen LogP) is 0.655. The number of rotatable bonds is 9. The Morgan fingerprint density at radius 2 is 1.95 bits per heavy atom. The summed E-state index contributed by atoms with van der Waals surface area (Å²) in [5.41, 5.74) is 1.52. The zero-order chi connectivity index (χ0) is 16.4. The number of ether oxygens (including phenoxy) is 1. The average Bonchev–Trinajstić information content (AvgIpc) is 2.54. The number of nitrogens with one attached hydrogen (secondary N) is 1. The molecule has 1 atom stereocenters. The Hall–Kier alpha value is -1.92. The zero-order valence-electron chi connectivity index (χ0n) is 12.7. The molecule has 1 aromatic carbocycles. The molecule has 6 nitrogen and oxygen atoms in total. The second-order valence-electron chi connectivity index (χ2n) is 5.02. The number of carbonyl (C=O) groups is 2. The molecule has 0 aliphatic rings. The maximum atomic E-state index is 11.6. The van der Waals surface area contributed by atoms with E-state index >= 15 is 0 Å². The molecular weight excluding hydrogens is 286 g/mol. The molecule has 0 bridgehead atoms. The highest BCUT2D eigenvalue weighted by Crippen LogP contribution is 2.06. The van der Waals surface area contributed by atoms with Gasteiger partial charge in [-0.25, -0.2) is 4.79 Å². The van der Waals surface area contributed by atoms with Gasteiger partial charge in [-0.05, 0) is 37.0 Å². The van der Waals surface area contributed by atoms with E-state index in [4.69, 9.17) is 10.2 Å². The number of amides is 1. The van der Waals surface area contributed by atoms with Crippen molar-refractivity contribution in [1.82, 2.24) is 5.32 Å². The Kier molecular flexibility index (Phi) is 8.17. The molecule has 0 fully saturated rings. The van der Waals surface area contributed by atoms with Crippen LogP contribution in [0, 0.1) is 0 Å². The molecular formula is C16H23NO5. The Labute approximate surface area is 130 Å². The molecule has 1 rings (SSSR count). The lowest BCUT2D eigenvalue weighted by Gasteiger charge is -2.08. The summed E-state index contributed by atoms with van der Waals surface area (Å²) in [4.78, 5) is 22.9. The van der Waals surface area contributed by atoms with E-state index in [1.54, 1.807) is 12.1 Å². The van der Waals surface area contributed by atoms with Gasteiger partial charge in [0, 0.05) is 13.0 Å². The lowest BCUT2D eigenvalue weighted by molar-refractivity contribution is -0.121. The summed E-state index contributed by atoms with van der Waals surface area (Å²) in [6.45, 7) is 0.238. The fraction of sp³-hybridized carbons (Fsp3) is 0.500. The second-order valence-corrected chi connectivity index (χ2v) is 5.02. The average molecular weight is 309 g/mol. The van der Waals surface area contributed by atoms with Gasteiger partial charge in [-0.3, -0.25) is 4.79 Å². The zero-order valence-corrected chi connectivity index (χ0v) is 12.7. The van der Waals surface area contributed by atoms with Gasteiger partial charge in [0.15, 0.2) is 0 Å². The Morgan fingerprint density at radius 1 is 1.27 bits per heavy atom. The van der Waals surface area contributed by atoms with E-state index in [9.17, 15) is 9.59 Å². The molecule has 0 radical (unpaired) electrons. The maximum Gasteiger partial charge on any atom is 0.337 e. The van der Waals surface area contributed by atoms with Crippen LogP contribution in [-0.2, 0) is 16.0 Å². The van der Waals surface area contributed by atoms with E-state index < -0.39 is 6.10 Å². The van der Waals surface area contributed by atoms with E-state index in [0.717, 1.165) is 5.56 Å². The number of carbonyl (C=O) groups excluding carboxylic acids is 2. The minimum atomic E-state index is -0.749. The highest BCUT2D eigenvalue weighted by Gasteiger charge is 2.06. The molecule has 0 saturated heterocycles. The van der Waals surface area contributed by atoms with Crippen molar-refractivity contribution in [1.29, 1.82) is 0 Å². The SMILES string of the molecule is COC(=O)c1ccc(CCNC(=O)CCCC(O)CO)cc1. The van der Waals surface area contributed by atoms with Crippen molar-refractivity contribution in [2.45, 2.75) is 31.8 Å². The Morgan fingerprint density at radius 3 is 2.55 bits per heavy atom. The highest BCUT2D eigenvalue weighted by molar-refractivity contribution is 5.89. The third-order valence-electron chi connectivity index (χ3n) is 3.26. The van der Waals surface area contributed by atoms with Gasteiger partial charge in [0.1, 0.15) is 0 Å². The van der Waals surface area contributed by atoms with Crippen molar-refractivity contribution in [2.75, 3.05) is 20.3 Å². The van der Waals surface area contributed by atoms with Crippen molar-refractivity contribution in [3.8, 4) is 0 Å². The standard InChI is InChI=1S/C16H23NO5/c1-22-16(21)13-7-5-12(6-8-13)9-10-17-15(20)4-2-3-14(19)11-18/h5-8,14,18-19H,2-4,9-11H2,1H3,(H,17,20). The number of hydrogen-bond acceptors (Lipinski definition) is 5. The first-order valence-electron chi connectivity index (χ1n) is 7.29. The van der Waals surface area contributed by atoms with Gasteiger partial charge < -0.3 is 20.3 Å². The first-order valence-corrected chi connectivity index (χ1v) is 7.29. The molecule has 0 aliphatic carbocycles. The lowest BCUT2D eigenvalue weighted by atomic mass is 10.1. The van der Waals surface area contributed by atoms with E-state index in [2.05, 4.69) is 10.1 Å². The van der Waals surface area contributed by atoms with Crippen LogP contribution in [-0.4, -0.2) is 48.5 Å². The van der Waals surface area contributed by atoms with Gasteiger partial charge in [-0.15, -0.1) is 0 Å². The second kappa shape index (κ2) is 9.92. The number of aliphatic hydroxyl groups is 2. The number of esters is 1. The summed E-state index contributed by atoms with van der Waals surface area (Å²) >= 11 is 0. The quantitative estimate of drug-likeness (QED) is 0.582. The van der Waals surface area contributed by atoms with Crippen molar-refractivity contribution in [2.24, 2.45) is 0 Å². The molecule has 1 amide bonds. The molecule has 1 aromatic rings. The molecule has 0 aromatic heterocycles. The summed E-state index contributed by atoms with van der Waals surface area (Å²) < 4.78 is 4.62. The van der Waals surface area contributed by atoms with Gasteiger partial charge in [0.2, 0.25) is 5.91 Å². The number of aliphatic hydroxyl groups excluding tert-OH is 2. The first-order chi connectivity index (χ1) is 10.6. The van der Waals surface area contributed by atoms with Crippen LogP contribution in [0.5, 0.6) is 0 Å². The van der Waals surface area contributed by atoms with Gasteiger partial charge >= 0.3 is 5.97 Å². The molecule has 0 spiro atoms. The van der Waals surface area contributed by atoms with E-state index in [1.165, 1.54) is 7.11 Å². The molecule has 1 unspecified atom stereocenters. The molecule has 22 heavy (non-hydrogen) atoms. The molecule has 0 heterocycles. The first kappa shape index (κ1) is 18.1. The number of hydrogen-bond donors (Lipinski definition) is 3. The summed E-state index contributed by atoms with van der Waals surface area (Å²) in [6, 6.07) is 7.05. The van der Waals surface area contributed by atoms with E-state index in [1.807, 2.05) is 12.1 Å². The summed E-state index contributed by atoms with van der Waals surface area (Å²) in [7, 11) is 1.34. The number of methoxy groups -OCH3 is 1. The highest BCUT2D eigenvalue weighted by atomic mass is 16.5. The van der Waals surface area contributed by atoms with Crippen LogP contribution in [0.3, 0.4) is 0 Å². The molecule has 0 aliphatic heterocycles. The lowest BCUT2D eigenvalue weighted by Crippen LogP contribution is -2.25. The van der Waals surface area contributed by atoms with Crippen LogP contribution >= 0.6 is 0 Å². The number of benzene rings is 1. The summed E-state index contributed by atoms with van der Waals surface area (Å²) in [5, 5.41) is 20.6. The normalized spacial score (nSPS) is 11.8. The monoisotopic (exact) mass is 309 g/mol. The topological polar surface area (TPSA) is 95.9 Å². The predicted molar refractivity (Wildman–Crippen MR) is 81.4 cm³/mol. The van der Waals surface area contributed by atoms with Gasteiger partial charge in [0.05, 0.1) is 25.4 Å². The third kappa shape index (κ3) is 6.69. The molecule has 6 heteroatoms. The van der Waals surface area contributed by atoms with E-state index in [-0.39, 0.29) is 18.5 Å². The Bertz CT molecular complexity index is 472. The maximum absolute atomic E-state index is 11.6. The van der Waals surface area contributed by atoms with Gasteiger partial charge in [0.25, 0.3) is 0 Å². The van der Waals surface area contributed by atoms with Crippen molar-refractivity contribution >= 4 is 11.9 Å². The molecule has 122 valence electrons. The van der Waals surface area contributed by atoms with Crippen LogP contribution in [0.25, 0.3) is 0 Å². The van der Waals surface area contributed by atoms with Crippen LogP contribution in [0.1, 0.15) is 35.2 Å². The van der Waals surface area contributed by atoms with Gasteiger partial charge in [-0.2, -0.15) is 0 Å². The van der Waals surface area contributed by atoms with E-state index in [0.29, 0.717) is 37.8 Å². The minimum Gasteiger partial charge on any atom is -0.465 e. The van der Waals surface area contributed by atoms with Crippen LogP contribution in [0.4, 0.5) is 0 Å². The minimum absolute atomic E-state index is 0.0729. The summed E-state index contributed by atoms with van der Waals surface area (Å²) in [5.74, 6) is -0.443. The van der Waals surface area contributed by atoms with Crippen molar-refractivity contribution in [3.05, 3.63) is 35.4 Å². The van der Waals surface area contributed by atoms with Crippen LogP contribution < -0.4 is 5.32 Å². The fourth-order valence-corrected chi connectivity index (χ4v) is 1.95. The smallest absolute Gasteiger partial charge is 0.337 e.